The summed E-state index contributed by atoms with van der Waals surface area (Å²) in [6.07, 6.45) is 9.27. The molecule has 0 unspecified atom stereocenters. The van der Waals surface area contributed by atoms with Gasteiger partial charge in [-0.2, -0.15) is 0 Å². The van der Waals surface area contributed by atoms with Crippen LogP contribution in [0, 0.1) is 30.1 Å². The highest BCUT2D eigenvalue weighted by molar-refractivity contribution is 5.77. The van der Waals surface area contributed by atoms with E-state index in [1.165, 1.54) is 49.7 Å². The van der Waals surface area contributed by atoms with Crippen molar-refractivity contribution in [2.24, 2.45) is 23.2 Å². The van der Waals surface area contributed by atoms with E-state index >= 15 is 0 Å². The molecule has 4 aliphatic carbocycles. The molecule has 1 aliphatic heterocycles. The molecule has 1 saturated heterocycles. The van der Waals surface area contributed by atoms with Crippen LogP contribution in [0.3, 0.4) is 0 Å². The number of hydrogen-bond acceptors (Lipinski definition) is 2. The van der Waals surface area contributed by atoms with E-state index in [1.807, 2.05) is 0 Å². The first-order valence-electron chi connectivity index (χ1n) is 11.1. The SMILES string of the molecule is Cc1cccc(CN2CCN(C(=O)CC34CC5CC(CC(C5)C3)C4)CC2)c1. The van der Waals surface area contributed by atoms with E-state index in [0.29, 0.717) is 11.3 Å². The van der Waals surface area contributed by atoms with Crippen molar-refractivity contribution in [1.29, 1.82) is 0 Å². The van der Waals surface area contributed by atoms with Gasteiger partial charge in [-0.25, -0.2) is 0 Å². The van der Waals surface area contributed by atoms with Crippen LogP contribution in [0.5, 0.6) is 0 Å². The maximum atomic E-state index is 13.1. The van der Waals surface area contributed by atoms with E-state index in [-0.39, 0.29) is 0 Å². The standard InChI is InChI=1S/C24H34N2O/c1-18-3-2-4-19(9-18)17-25-5-7-26(8-6-25)23(27)16-24-13-20-10-21(14-24)12-22(11-20)15-24/h2-4,9,20-22H,5-8,10-17H2,1H3. The van der Waals surface area contributed by atoms with E-state index < -0.39 is 0 Å². The van der Waals surface area contributed by atoms with Crippen LogP contribution < -0.4 is 0 Å². The molecular weight excluding hydrogens is 332 g/mol. The van der Waals surface area contributed by atoms with Crippen molar-refractivity contribution in [1.82, 2.24) is 9.80 Å². The van der Waals surface area contributed by atoms with E-state index in [9.17, 15) is 4.79 Å². The Hall–Kier alpha value is -1.35. The molecule has 6 rings (SSSR count). The predicted octanol–water partition coefficient (Wildman–Crippen LogP) is 4.25. The number of benzene rings is 1. The summed E-state index contributed by atoms with van der Waals surface area (Å²) >= 11 is 0. The highest BCUT2D eigenvalue weighted by atomic mass is 16.2. The van der Waals surface area contributed by atoms with Crippen LogP contribution in [0.4, 0.5) is 0 Å². The molecule has 3 nitrogen and oxygen atoms in total. The average Bonchev–Trinajstić information content (AvgIpc) is 2.61. The van der Waals surface area contributed by atoms with Gasteiger partial charge in [0.25, 0.3) is 0 Å². The molecule has 3 heteroatoms. The van der Waals surface area contributed by atoms with Gasteiger partial charge in [0, 0.05) is 39.1 Å². The lowest BCUT2D eigenvalue weighted by atomic mass is 9.49. The van der Waals surface area contributed by atoms with E-state index in [1.54, 1.807) is 0 Å². The van der Waals surface area contributed by atoms with Crippen molar-refractivity contribution in [3.05, 3.63) is 35.4 Å². The fraction of sp³-hybridized carbons (Fsp3) is 0.708. The highest BCUT2D eigenvalue weighted by Gasteiger charge is 2.51. The number of amides is 1. The predicted molar refractivity (Wildman–Crippen MR) is 108 cm³/mol. The Kier molecular flexibility index (Phi) is 4.54. The van der Waals surface area contributed by atoms with Gasteiger partial charge in [-0.1, -0.05) is 29.8 Å². The third kappa shape index (κ3) is 3.68. The number of nitrogens with zero attached hydrogens (tertiary/aromatic N) is 2. The quantitative estimate of drug-likeness (QED) is 0.795. The molecule has 5 fully saturated rings. The molecule has 4 bridgehead atoms. The summed E-state index contributed by atoms with van der Waals surface area (Å²) in [7, 11) is 0. The normalized spacial score (nSPS) is 35.6. The second-order valence-corrected chi connectivity index (χ2v) is 10.2. The van der Waals surface area contributed by atoms with Crippen LogP contribution in [0.1, 0.15) is 56.1 Å². The minimum Gasteiger partial charge on any atom is -0.340 e. The van der Waals surface area contributed by atoms with Crippen molar-refractivity contribution < 1.29 is 4.79 Å². The minimum atomic E-state index is 0.379. The number of carbonyl (C=O) groups is 1. The molecular formula is C24H34N2O. The van der Waals surface area contributed by atoms with Gasteiger partial charge in [-0.05, 0) is 74.2 Å². The van der Waals surface area contributed by atoms with Crippen LogP contribution in [0.25, 0.3) is 0 Å². The van der Waals surface area contributed by atoms with E-state index in [4.69, 9.17) is 0 Å². The Morgan fingerprint density at radius 3 is 2.22 bits per heavy atom. The smallest absolute Gasteiger partial charge is 0.223 e. The molecule has 146 valence electrons. The van der Waals surface area contributed by atoms with Crippen molar-refractivity contribution in [3.63, 3.8) is 0 Å². The highest BCUT2D eigenvalue weighted by Crippen LogP contribution is 2.61. The Labute approximate surface area is 164 Å². The van der Waals surface area contributed by atoms with Crippen LogP contribution in [-0.4, -0.2) is 41.9 Å². The van der Waals surface area contributed by atoms with Gasteiger partial charge in [0.15, 0.2) is 0 Å². The Balaban J connectivity index is 1.15. The summed E-state index contributed by atoms with van der Waals surface area (Å²) < 4.78 is 0. The van der Waals surface area contributed by atoms with Gasteiger partial charge in [0.2, 0.25) is 5.91 Å². The maximum absolute atomic E-state index is 13.1. The lowest BCUT2D eigenvalue weighted by Gasteiger charge is -2.57. The number of carbonyl (C=O) groups excluding carboxylic acids is 1. The molecule has 5 aliphatic rings. The number of aryl methyl sites for hydroxylation is 1. The number of rotatable bonds is 4. The van der Waals surface area contributed by atoms with Crippen LogP contribution >= 0.6 is 0 Å². The summed E-state index contributed by atoms with van der Waals surface area (Å²) in [6, 6.07) is 8.81. The molecule has 1 aromatic carbocycles. The fourth-order valence-corrected chi connectivity index (χ4v) is 7.16. The van der Waals surface area contributed by atoms with Gasteiger partial charge in [0.05, 0.1) is 0 Å². The van der Waals surface area contributed by atoms with Gasteiger partial charge >= 0.3 is 0 Å². The zero-order chi connectivity index (χ0) is 18.4. The molecule has 1 amide bonds. The zero-order valence-electron chi connectivity index (χ0n) is 16.8. The molecule has 0 atom stereocenters. The first-order valence-corrected chi connectivity index (χ1v) is 11.1. The summed E-state index contributed by atoms with van der Waals surface area (Å²) in [4.78, 5) is 17.8. The lowest BCUT2D eigenvalue weighted by molar-refractivity contribution is -0.141. The molecule has 0 spiro atoms. The molecule has 27 heavy (non-hydrogen) atoms. The lowest BCUT2D eigenvalue weighted by Crippen LogP contribution is -2.52. The van der Waals surface area contributed by atoms with Crippen molar-refractivity contribution >= 4 is 5.91 Å². The van der Waals surface area contributed by atoms with Gasteiger partial charge < -0.3 is 4.90 Å². The van der Waals surface area contributed by atoms with Crippen molar-refractivity contribution in [3.8, 4) is 0 Å². The van der Waals surface area contributed by atoms with E-state index in [0.717, 1.165) is 56.9 Å². The first kappa shape index (κ1) is 17.7. The van der Waals surface area contributed by atoms with E-state index in [2.05, 4.69) is 41.0 Å². The van der Waals surface area contributed by atoms with Gasteiger partial charge in [0.1, 0.15) is 0 Å². The molecule has 4 saturated carbocycles. The summed E-state index contributed by atoms with van der Waals surface area (Å²) in [5, 5.41) is 0. The topological polar surface area (TPSA) is 23.6 Å². The van der Waals surface area contributed by atoms with Crippen LogP contribution in [0.2, 0.25) is 0 Å². The molecule has 1 heterocycles. The molecule has 0 N–H and O–H groups in total. The molecule has 1 aromatic rings. The molecule has 0 aromatic heterocycles. The van der Waals surface area contributed by atoms with Crippen molar-refractivity contribution in [2.45, 2.75) is 58.4 Å². The summed E-state index contributed by atoms with van der Waals surface area (Å²) in [6.45, 7) is 7.03. The third-order valence-corrected chi connectivity index (χ3v) is 7.90. The molecule has 0 radical (unpaired) electrons. The second-order valence-electron chi connectivity index (χ2n) is 10.2. The first-order chi connectivity index (χ1) is 13.1. The van der Waals surface area contributed by atoms with Crippen LogP contribution in [0.15, 0.2) is 24.3 Å². The fourth-order valence-electron chi connectivity index (χ4n) is 7.16. The largest absolute Gasteiger partial charge is 0.340 e. The maximum Gasteiger partial charge on any atom is 0.223 e. The van der Waals surface area contributed by atoms with Crippen molar-refractivity contribution in [2.75, 3.05) is 26.2 Å². The monoisotopic (exact) mass is 366 g/mol. The Bertz CT molecular complexity index is 669. The van der Waals surface area contributed by atoms with Gasteiger partial charge in [-0.3, -0.25) is 9.69 Å². The Morgan fingerprint density at radius 1 is 1.00 bits per heavy atom. The summed E-state index contributed by atoms with van der Waals surface area (Å²) in [5.41, 5.74) is 3.10. The zero-order valence-corrected chi connectivity index (χ0v) is 16.8. The van der Waals surface area contributed by atoms with Gasteiger partial charge in [-0.15, -0.1) is 0 Å². The summed E-state index contributed by atoms with van der Waals surface area (Å²) in [5.74, 6) is 3.27. The average molecular weight is 367 g/mol. The third-order valence-electron chi connectivity index (χ3n) is 7.90. The number of piperazine rings is 1. The minimum absolute atomic E-state index is 0.379. The van der Waals surface area contributed by atoms with Crippen LogP contribution in [-0.2, 0) is 11.3 Å². The number of hydrogen-bond donors (Lipinski definition) is 0. The second kappa shape index (κ2) is 6.92. The Morgan fingerprint density at radius 2 is 1.63 bits per heavy atom.